The number of halogens is 1. The first-order valence-corrected chi connectivity index (χ1v) is 7.27. The minimum absolute atomic E-state index is 0.00487. The summed E-state index contributed by atoms with van der Waals surface area (Å²) < 4.78 is 13.1. The molecule has 0 aliphatic heterocycles. The van der Waals surface area contributed by atoms with Crippen molar-refractivity contribution in [3.05, 3.63) is 71.5 Å². The van der Waals surface area contributed by atoms with Crippen LogP contribution in [0.4, 0.5) is 4.39 Å². The highest BCUT2D eigenvalue weighted by atomic mass is 19.1. The summed E-state index contributed by atoms with van der Waals surface area (Å²) in [4.78, 5) is 0. The van der Waals surface area contributed by atoms with Crippen LogP contribution in [0.2, 0.25) is 0 Å². The number of terminal acetylenes is 1. The van der Waals surface area contributed by atoms with E-state index in [1.807, 2.05) is 18.2 Å². The third-order valence-corrected chi connectivity index (χ3v) is 3.48. The quantitative estimate of drug-likeness (QED) is 0.778. The third kappa shape index (κ3) is 4.18. The van der Waals surface area contributed by atoms with Crippen molar-refractivity contribution in [1.82, 2.24) is 5.32 Å². The second-order valence-corrected chi connectivity index (χ2v) is 5.07. The molecule has 2 aromatic carbocycles. The number of rotatable bonds is 6. The van der Waals surface area contributed by atoms with Crippen LogP contribution in [-0.4, -0.2) is 6.04 Å². The molecule has 0 amide bonds. The maximum Gasteiger partial charge on any atom is 0.123 e. The Kier molecular flexibility index (Phi) is 5.54. The molecule has 2 unspecified atom stereocenters. The predicted octanol–water partition coefficient (Wildman–Crippen LogP) is 4.31. The Hall–Kier alpha value is -2.11. The molecule has 2 heteroatoms. The van der Waals surface area contributed by atoms with Gasteiger partial charge in [0, 0.05) is 0 Å². The third-order valence-electron chi connectivity index (χ3n) is 3.48. The molecule has 2 aromatic rings. The molecule has 0 saturated carbocycles. The molecule has 0 heterocycles. The molecule has 0 spiro atoms. The number of nitrogens with one attached hydrogen (secondary N) is 1. The van der Waals surface area contributed by atoms with Crippen molar-refractivity contribution in [2.75, 3.05) is 0 Å². The molecule has 0 aromatic heterocycles. The molecule has 1 nitrogen and oxygen atoms in total. The second kappa shape index (κ2) is 7.61. The van der Waals surface area contributed by atoms with Crippen LogP contribution in [0.5, 0.6) is 0 Å². The minimum atomic E-state index is -0.229. The monoisotopic (exact) mass is 281 g/mol. The van der Waals surface area contributed by atoms with Gasteiger partial charge in [-0.05, 0) is 29.7 Å². The van der Waals surface area contributed by atoms with Gasteiger partial charge < -0.3 is 0 Å². The molecule has 0 saturated heterocycles. The van der Waals surface area contributed by atoms with Crippen LogP contribution in [0.1, 0.15) is 36.9 Å². The zero-order chi connectivity index (χ0) is 15.1. The van der Waals surface area contributed by atoms with Crippen LogP contribution in [0.25, 0.3) is 0 Å². The SMILES string of the molecule is C#CC(CCC)NC(c1ccccc1)c1ccc(F)cc1. The molecule has 0 aliphatic carbocycles. The van der Waals surface area contributed by atoms with E-state index in [0.29, 0.717) is 0 Å². The average Bonchev–Trinajstić information content (AvgIpc) is 2.53. The van der Waals surface area contributed by atoms with Crippen LogP contribution in [0.3, 0.4) is 0 Å². The van der Waals surface area contributed by atoms with Crippen molar-refractivity contribution in [2.45, 2.75) is 31.8 Å². The van der Waals surface area contributed by atoms with Gasteiger partial charge in [0.25, 0.3) is 0 Å². The Morgan fingerprint density at radius 2 is 1.67 bits per heavy atom. The predicted molar refractivity (Wildman–Crippen MR) is 85.3 cm³/mol. The first kappa shape index (κ1) is 15.3. The van der Waals surface area contributed by atoms with E-state index in [0.717, 1.165) is 24.0 Å². The van der Waals surface area contributed by atoms with Crippen LogP contribution in [0, 0.1) is 18.2 Å². The molecule has 1 N–H and O–H groups in total. The van der Waals surface area contributed by atoms with Gasteiger partial charge in [-0.2, -0.15) is 0 Å². The van der Waals surface area contributed by atoms with Crippen LogP contribution in [-0.2, 0) is 0 Å². The fourth-order valence-electron chi connectivity index (χ4n) is 2.39. The van der Waals surface area contributed by atoms with Gasteiger partial charge in [-0.1, -0.05) is 61.7 Å². The Balaban J connectivity index is 2.31. The summed E-state index contributed by atoms with van der Waals surface area (Å²) in [5.41, 5.74) is 2.14. The first-order chi connectivity index (χ1) is 10.2. The molecule has 21 heavy (non-hydrogen) atoms. The highest BCUT2D eigenvalue weighted by Crippen LogP contribution is 2.23. The number of benzene rings is 2. The maximum absolute atomic E-state index is 13.1. The van der Waals surface area contributed by atoms with Gasteiger partial charge in [-0.3, -0.25) is 5.32 Å². The normalized spacial score (nSPS) is 13.4. The van der Waals surface area contributed by atoms with Crippen LogP contribution in [0.15, 0.2) is 54.6 Å². The second-order valence-electron chi connectivity index (χ2n) is 5.07. The lowest BCUT2D eigenvalue weighted by Gasteiger charge is -2.23. The van der Waals surface area contributed by atoms with Gasteiger partial charge >= 0.3 is 0 Å². The van der Waals surface area contributed by atoms with Crippen molar-refractivity contribution >= 4 is 0 Å². The smallest absolute Gasteiger partial charge is 0.123 e. The molecule has 0 fully saturated rings. The summed E-state index contributed by atoms with van der Waals surface area (Å²) in [6.07, 6.45) is 7.55. The minimum Gasteiger partial charge on any atom is -0.293 e. The summed E-state index contributed by atoms with van der Waals surface area (Å²) in [5.74, 6) is 2.57. The fourth-order valence-corrected chi connectivity index (χ4v) is 2.39. The van der Waals surface area contributed by atoms with E-state index in [4.69, 9.17) is 6.42 Å². The maximum atomic E-state index is 13.1. The van der Waals surface area contributed by atoms with E-state index in [9.17, 15) is 4.39 Å². The Bertz CT molecular complexity index is 583. The molecular weight excluding hydrogens is 261 g/mol. The molecule has 0 radical (unpaired) electrons. The van der Waals surface area contributed by atoms with E-state index >= 15 is 0 Å². The van der Waals surface area contributed by atoms with Crippen molar-refractivity contribution in [3.8, 4) is 12.3 Å². The fraction of sp³-hybridized carbons (Fsp3) is 0.263. The van der Waals surface area contributed by atoms with E-state index in [-0.39, 0.29) is 17.9 Å². The van der Waals surface area contributed by atoms with Gasteiger partial charge in [0.15, 0.2) is 0 Å². The average molecular weight is 281 g/mol. The Morgan fingerprint density at radius 1 is 1.05 bits per heavy atom. The molecule has 2 atom stereocenters. The topological polar surface area (TPSA) is 12.0 Å². The van der Waals surface area contributed by atoms with Crippen molar-refractivity contribution in [2.24, 2.45) is 0 Å². The summed E-state index contributed by atoms with van der Waals surface area (Å²) in [7, 11) is 0. The van der Waals surface area contributed by atoms with Gasteiger partial charge in [-0.25, -0.2) is 4.39 Å². The van der Waals surface area contributed by atoms with Gasteiger partial charge in [-0.15, -0.1) is 6.42 Å². The van der Waals surface area contributed by atoms with Crippen molar-refractivity contribution in [1.29, 1.82) is 0 Å². The van der Waals surface area contributed by atoms with E-state index in [2.05, 4.69) is 30.3 Å². The van der Waals surface area contributed by atoms with Gasteiger partial charge in [0.1, 0.15) is 5.82 Å². The summed E-state index contributed by atoms with van der Waals surface area (Å²) in [6, 6.07) is 16.6. The standard InChI is InChI=1S/C19H20FN/c1-3-8-18(4-2)21-19(15-9-6-5-7-10-15)16-11-13-17(20)14-12-16/h2,5-7,9-14,18-19,21H,3,8H2,1H3. The number of hydrogen-bond acceptors (Lipinski definition) is 1. The summed E-state index contributed by atoms with van der Waals surface area (Å²) >= 11 is 0. The largest absolute Gasteiger partial charge is 0.293 e. The number of hydrogen-bond donors (Lipinski definition) is 1. The zero-order valence-corrected chi connectivity index (χ0v) is 12.2. The van der Waals surface area contributed by atoms with Crippen molar-refractivity contribution in [3.63, 3.8) is 0 Å². The molecule has 0 aliphatic rings. The van der Waals surface area contributed by atoms with Crippen LogP contribution >= 0.6 is 0 Å². The molecular formula is C19H20FN. The Morgan fingerprint density at radius 3 is 2.24 bits per heavy atom. The zero-order valence-electron chi connectivity index (χ0n) is 12.2. The lowest BCUT2D eigenvalue weighted by molar-refractivity contribution is 0.513. The van der Waals surface area contributed by atoms with Gasteiger partial charge in [0.2, 0.25) is 0 Å². The lowest BCUT2D eigenvalue weighted by Crippen LogP contribution is -2.32. The van der Waals surface area contributed by atoms with Gasteiger partial charge in [0.05, 0.1) is 12.1 Å². The highest BCUT2D eigenvalue weighted by molar-refractivity contribution is 5.32. The lowest BCUT2D eigenvalue weighted by atomic mass is 9.97. The van der Waals surface area contributed by atoms with Crippen molar-refractivity contribution < 1.29 is 4.39 Å². The van der Waals surface area contributed by atoms with E-state index < -0.39 is 0 Å². The summed E-state index contributed by atoms with van der Waals surface area (Å²) in [5, 5.41) is 3.50. The highest BCUT2D eigenvalue weighted by Gasteiger charge is 2.17. The Labute approximate surface area is 126 Å². The van der Waals surface area contributed by atoms with E-state index in [1.165, 1.54) is 12.1 Å². The first-order valence-electron chi connectivity index (χ1n) is 7.27. The molecule has 2 rings (SSSR count). The summed E-state index contributed by atoms with van der Waals surface area (Å²) in [6.45, 7) is 2.11. The molecule has 0 bridgehead atoms. The van der Waals surface area contributed by atoms with E-state index in [1.54, 1.807) is 12.1 Å². The molecule has 108 valence electrons. The van der Waals surface area contributed by atoms with Crippen LogP contribution < -0.4 is 5.32 Å².